The number of hydrogen-bond donors (Lipinski definition) is 1. The summed E-state index contributed by atoms with van der Waals surface area (Å²) in [6.07, 6.45) is 2.60. The van der Waals surface area contributed by atoms with Crippen LogP contribution in [0, 0.1) is 0 Å². The quantitative estimate of drug-likeness (QED) is 0.0941. The molecular weight excluding hydrogens is 568 g/mol. The standard InChI is InChI=1S/C36H36N4O5/c1-5-24-8-12-27(13-9-24)40-31-14-10-25(34(42)33(38-45-23(2)41)30-7-6-16-37-30)21-28(31)29-22-26(11-15-32(29)40)35(43)36(3,4)39-17-19-44-20-18-39/h6-16,21-22,37H,5,17-20H2,1-4H3/b38-33+. The van der Waals surface area contributed by atoms with E-state index in [-0.39, 0.29) is 11.5 Å². The number of carbonyl (C=O) groups excluding carboxylic acids is 3. The molecule has 0 aliphatic carbocycles. The Labute approximate surface area is 261 Å². The SMILES string of the molecule is CCc1ccc(-n2c3ccc(C(=O)/C(=N/OC(C)=O)c4ccc[nH]4)cc3c3cc(C(=O)C(C)(C)N4CCOCC4)ccc32)cc1. The molecule has 0 saturated carbocycles. The van der Waals surface area contributed by atoms with Gasteiger partial charge in [0.15, 0.2) is 11.5 Å². The number of nitrogens with one attached hydrogen (secondary N) is 1. The van der Waals surface area contributed by atoms with Crippen LogP contribution in [0.25, 0.3) is 27.5 Å². The van der Waals surface area contributed by atoms with E-state index in [9.17, 15) is 14.4 Å². The van der Waals surface area contributed by atoms with Crippen molar-refractivity contribution in [1.82, 2.24) is 14.5 Å². The van der Waals surface area contributed by atoms with Gasteiger partial charge < -0.3 is 19.1 Å². The number of rotatable bonds is 9. The molecule has 9 nitrogen and oxygen atoms in total. The molecule has 5 aromatic rings. The van der Waals surface area contributed by atoms with Crippen molar-refractivity contribution < 1.29 is 24.0 Å². The number of aromatic nitrogens is 2. The normalized spacial score (nSPS) is 14.6. The molecule has 0 spiro atoms. The first kappa shape index (κ1) is 30.2. The Kier molecular flexibility index (Phi) is 8.22. The molecule has 0 amide bonds. The molecule has 3 aromatic carbocycles. The molecule has 1 aliphatic rings. The Hall–Kier alpha value is -4.86. The zero-order valence-electron chi connectivity index (χ0n) is 25.9. The molecule has 0 unspecified atom stereocenters. The predicted molar refractivity (Wildman–Crippen MR) is 174 cm³/mol. The van der Waals surface area contributed by atoms with E-state index in [1.54, 1.807) is 24.4 Å². The van der Waals surface area contributed by atoms with E-state index in [0.717, 1.165) is 33.9 Å². The van der Waals surface area contributed by atoms with Crippen molar-refractivity contribution >= 4 is 45.1 Å². The highest BCUT2D eigenvalue weighted by atomic mass is 16.7. The number of H-pyrrole nitrogens is 1. The van der Waals surface area contributed by atoms with Gasteiger partial charge in [-0.2, -0.15) is 0 Å². The Morgan fingerprint density at radius 1 is 0.911 bits per heavy atom. The third-order valence-electron chi connectivity index (χ3n) is 8.58. The second-order valence-corrected chi connectivity index (χ2v) is 11.7. The van der Waals surface area contributed by atoms with Crippen molar-refractivity contribution in [3.05, 3.63) is 101 Å². The van der Waals surface area contributed by atoms with Crippen LogP contribution in [0.3, 0.4) is 0 Å². The van der Waals surface area contributed by atoms with Crippen molar-refractivity contribution in [3.63, 3.8) is 0 Å². The van der Waals surface area contributed by atoms with E-state index < -0.39 is 17.3 Å². The summed E-state index contributed by atoms with van der Waals surface area (Å²) in [5.74, 6) is -1.01. The van der Waals surface area contributed by atoms with Gasteiger partial charge in [0.25, 0.3) is 0 Å². The lowest BCUT2D eigenvalue weighted by molar-refractivity contribution is -0.140. The van der Waals surface area contributed by atoms with Crippen molar-refractivity contribution in [2.45, 2.75) is 39.7 Å². The predicted octanol–water partition coefficient (Wildman–Crippen LogP) is 6.12. The minimum absolute atomic E-state index is 0.0171. The third kappa shape index (κ3) is 5.72. The lowest BCUT2D eigenvalue weighted by Crippen LogP contribution is -2.54. The molecule has 1 fully saturated rings. The molecule has 2 aromatic heterocycles. The molecule has 0 bridgehead atoms. The monoisotopic (exact) mass is 604 g/mol. The van der Waals surface area contributed by atoms with Gasteiger partial charge in [-0.15, -0.1) is 0 Å². The average molecular weight is 605 g/mol. The molecule has 1 aliphatic heterocycles. The maximum absolute atomic E-state index is 14.0. The number of nitrogens with zero attached hydrogens (tertiary/aromatic N) is 3. The zero-order chi connectivity index (χ0) is 31.7. The summed E-state index contributed by atoms with van der Waals surface area (Å²) in [6.45, 7) is 9.86. The number of fused-ring (bicyclic) bond motifs is 3. The summed E-state index contributed by atoms with van der Waals surface area (Å²) in [6, 6.07) is 23.1. The number of aromatic amines is 1. The second-order valence-electron chi connectivity index (χ2n) is 11.7. The van der Waals surface area contributed by atoms with E-state index in [0.29, 0.717) is 43.1 Å². The zero-order valence-corrected chi connectivity index (χ0v) is 25.9. The summed E-state index contributed by atoms with van der Waals surface area (Å²) in [4.78, 5) is 49.4. The maximum atomic E-state index is 14.0. The summed E-state index contributed by atoms with van der Waals surface area (Å²) >= 11 is 0. The van der Waals surface area contributed by atoms with Gasteiger partial charge in [0.2, 0.25) is 5.78 Å². The minimum atomic E-state index is -0.717. The van der Waals surface area contributed by atoms with Crippen molar-refractivity contribution in [2.24, 2.45) is 5.16 Å². The van der Waals surface area contributed by atoms with Crippen LogP contribution in [0.4, 0.5) is 0 Å². The minimum Gasteiger partial charge on any atom is -0.379 e. The lowest BCUT2D eigenvalue weighted by Gasteiger charge is -2.39. The van der Waals surface area contributed by atoms with E-state index in [2.05, 4.69) is 50.8 Å². The molecule has 0 atom stereocenters. The van der Waals surface area contributed by atoms with E-state index in [4.69, 9.17) is 9.57 Å². The first-order chi connectivity index (χ1) is 21.7. The summed E-state index contributed by atoms with van der Waals surface area (Å²) in [5, 5.41) is 5.55. The molecule has 1 saturated heterocycles. The topological polar surface area (TPSA) is 106 Å². The highest BCUT2D eigenvalue weighted by molar-refractivity contribution is 6.51. The fraction of sp³-hybridized carbons (Fsp3) is 0.278. The van der Waals surface area contributed by atoms with Gasteiger partial charge in [-0.25, -0.2) is 4.79 Å². The lowest BCUT2D eigenvalue weighted by atomic mass is 9.90. The number of Topliss-reactive ketones (excluding diaryl/α,β-unsaturated/α-hetero) is 2. The number of aryl methyl sites for hydroxylation is 1. The summed E-state index contributed by atoms with van der Waals surface area (Å²) in [5.41, 5.74) is 4.67. The van der Waals surface area contributed by atoms with Crippen LogP contribution in [0.1, 0.15) is 59.7 Å². The van der Waals surface area contributed by atoms with E-state index in [1.807, 2.05) is 44.2 Å². The molecule has 230 valence electrons. The Bertz CT molecular complexity index is 1930. The molecule has 1 N–H and O–H groups in total. The van der Waals surface area contributed by atoms with Crippen molar-refractivity contribution in [3.8, 4) is 5.69 Å². The van der Waals surface area contributed by atoms with Crippen molar-refractivity contribution in [2.75, 3.05) is 26.3 Å². The van der Waals surface area contributed by atoms with Gasteiger partial charge in [0.1, 0.15) is 0 Å². The highest BCUT2D eigenvalue weighted by Crippen LogP contribution is 2.35. The van der Waals surface area contributed by atoms with Gasteiger partial charge in [-0.1, -0.05) is 24.2 Å². The van der Waals surface area contributed by atoms with Crippen LogP contribution in [0.2, 0.25) is 0 Å². The average Bonchev–Trinajstić information content (AvgIpc) is 3.71. The first-order valence-electron chi connectivity index (χ1n) is 15.2. The van der Waals surface area contributed by atoms with Gasteiger partial charge in [0.05, 0.1) is 35.5 Å². The Morgan fingerprint density at radius 2 is 1.56 bits per heavy atom. The second kappa shape index (κ2) is 12.3. The number of ketones is 2. The fourth-order valence-corrected chi connectivity index (χ4v) is 6.02. The van der Waals surface area contributed by atoms with Crippen LogP contribution < -0.4 is 0 Å². The van der Waals surface area contributed by atoms with E-state index >= 15 is 0 Å². The van der Waals surface area contributed by atoms with Crippen LogP contribution in [0.15, 0.2) is 84.1 Å². The number of ether oxygens (including phenoxy) is 1. The molecule has 6 rings (SSSR count). The molecule has 45 heavy (non-hydrogen) atoms. The van der Waals surface area contributed by atoms with Gasteiger partial charge in [0, 0.05) is 53.8 Å². The first-order valence-corrected chi connectivity index (χ1v) is 15.2. The highest BCUT2D eigenvalue weighted by Gasteiger charge is 2.36. The molecule has 0 radical (unpaired) electrons. The number of carbonyl (C=O) groups is 3. The molecule has 3 heterocycles. The van der Waals surface area contributed by atoms with Crippen molar-refractivity contribution in [1.29, 1.82) is 0 Å². The number of hydrogen-bond acceptors (Lipinski definition) is 7. The third-order valence-corrected chi connectivity index (χ3v) is 8.58. The largest absolute Gasteiger partial charge is 0.379 e. The molecule has 9 heteroatoms. The number of morpholine rings is 1. The van der Waals surface area contributed by atoms with Gasteiger partial charge in [-0.05, 0) is 86.5 Å². The Balaban J connectivity index is 1.51. The van der Waals surface area contributed by atoms with E-state index in [1.165, 1.54) is 12.5 Å². The number of benzene rings is 3. The van der Waals surface area contributed by atoms with Crippen LogP contribution in [0.5, 0.6) is 0 Å². The Morgan fingerprint density at radius 3 is 2.16 bits per heavy atom. The number of oxime groups is 1. The van der Waals surface area contributed by atoms with Crippen LogP contribution in [-0.2, 0) is 20.8 Å². The van der Waals surface area contributed by atoms with Gasteiger partial charge >= 0.3 is 5.97 Å². The fourth-order valence-electron chi connectivity index (χ4n) is 6.02. The van der Waals surface area contributed by atoms with Crippen LogP contribution >= 0.6 is 0 Å². The smallest absolute Gasteiger partial charge is 0.332 e. The molecular formula is C36H36N4O5. The summed E-state index contributed by atoms with van der Waals surface area (Å²) in [7, 11) is 0. The summed E-state index contributed by atoms with van der Waals surface area (Å²) < 4.78 is 7.68. The maximum Gasteiger partial charge on any atom is 0.332 e. The van der Waals surface area contributed by atoms with Crippen LogP contribution in [-0.4, -0.2) is 69.5 Å². The van der Waals surface area contributed by atoms with Gasteiger partial charge in [-0.3, -0.25) is 14.5 Å².